The van der Waals surface area contributed by atoms with E-state index in [1.807, 2.05) is 19.1 Å². The molecule has 2 nitrogen and oxygen atoms in total. The third-order valence-electron chi connectivity index (χ3n) is 2.46. The van der Waals surface area contributed by atoms with Crippen molar-refractivity contribution in [3.05, 3.63) is 29.8 Å². The lowest BCUT2D eigenvalue weighted by molar-refractivity contribution is -0.118. The summed E-state index contributed by atoms with van der Waals surface area (Å²) in [6.45, 7) is 7.82. The molecule has 0 spiro atoms. The second-order valence-corrected chi connectivity index (χ2v) is 4.56. The van der Waals surface area contributed by atoms with E-state index in [2.05, 4.69) is 26.0 Å². The number of rotatable bonds is 5. The van der Waals surface area contributed by atoms with E-state index in [1.54, 1.807) is 6.92 Å². The van der Waals surface area contributed by atoms with Crippen LogP contribution in [0.15, 0.2) is 24.3 Å². The number of Topliss-reactive ketones (excluding diaryl/α,β-unsaturated/α-hetero) is 1. The van der Waals surface area contributed by atoms with Crippen LogP contribution in [-0.4, -0.2) is 11.9 Å². The van der Waals surface area contributed by atoms with Gasteiger partial charge in [-0.3, -0.25) is 4.79 Å². The maximum atomic E-state index is 10.9. The zero-order chi connectivity index (χ0) is 12.1. The zero-order valence-corrected chi connectivity index (χ0v) is 10.5. The molecule has 0 aliphatic carbocycles. The van der Waals surface area contributed by atoms with Crippen molar-refractivity contribution in [2.75, 3.05) is 0 Å². The first-order valence-electron chi connectivity index (χ1n) is 5.75. The topological polar surface area (TPSA) is 26.3 Å². The highest BCUT2D eigenvalue weighted by atomic mass is 16.5. The van der Waals surface area contributed by atoms with Crippen molar-refractivity contribution in [3.63, 3.8) is 0 Å². The molecule has 1 aromatic carbocycles. The Labute approximate surface area is 97.6 Å². The van der Waals surface area contributed by atoms with Gasteiger partial charge >= 0.3 is 0 Å². The van der Waals surface area contributed by atoms with Gasteiger partial charge in [0.05, 0.1) is 0 Å². The minimum absolute atomic E-state index is 0.0533. The maximum Gasteiger partial charge on any atom is 0.133 e. The number of hydrogen-bond donors (Lipinski definition) is 0. The van der Waals surface area contributed by atoms with Gasteiger partial charge in [-0.25, -0.2) is 0 Å². The van der Waals surface area contributed by atoms with Crippen LogP contribution in [0.3, 0.4) is 0 Å². The van der Waals surface area contributed by atoms with Gasteiger partial charge in [0.25, 0.3) is 0 Å². The average Bonchev–Trinajstić information content (AvgIpc) is 2.16. The lowest BCUT2D eigenvalue weighted by Crippen LogP contribution is -2.15. The summed E-state index contributed by atoms with van der Waals surface area (Å²) in [7, 11) is 0. The van der Waals surface area contributed by atoms with Crippen molar-refractivity contribution in [1.29, 1.82) is 0 Å². The number of ketones is 1. The first-order valence-corrected chi connectivity index (χ1v) is 5.75. The fraction of sp³-hybridized carbons (Fsp3) is 0.500. The highest BCUT2D eigenvalue weighted by Gasteiger charge is 2.07. The summed E-state index contributed by atoms with van der Waals surface area (Å²) in [6, 6.07) is 8.07. The molecule has 88 valence electrons. The molecule has 0 bridgehead atoms. The largest absolute Gasteiger partial charge is 0.490 e. The van der Waals surface area contributed by atoms with Crippen molar-refractivity contribution in [1.82, 2.24) is 0 Å². The molecule has 0 aliphatic heterocycles. The number of ether oxygens (including phenoxy) is 1. The van der Waals surface area contributed by atoms with Crippen LogP contribution in [0.4, 0.5) is 0 Å². The first kappa shape index (κ1) is 12.8. The Morgan fingerprint density at radius 1 is 1.19 bits per heavy atom. The summed E-state index contributed by atoms with van der Waals surface area (Å²) in [4.78, 5) is 10.9. The Morgan fingerprint density at radius 3 is 2.19 bits per heavy atom. The Bertz CT molecular complexity index is 338. The van der Waals surface area contributed by atoms with Gasteiger partial charge in [-0.05, 0) is 37.5 Å². The van der Waals surface area contributed by atoms with Gasteiger partial charge < -0.3 is 4.74 Å². The van der Waals surface area contributed by atoms with Crippen molar-refractivity contribution < 1.29 is 9.53 Å². The molecule has 1 aromatic rings. The molecule has 1 rings (SSSR count). The number of hydrogen-bond acceptors (Lipinski definition) is 2. The molecule has 0 amide bonds. The first-order chi connectivity index (χ1) is 7.49. The lowest BCUT2D eigenvalue weighted by atomic mass is 10.0. The van der Waals surface area contributed by atoms with Gasteiger partial charge in [-0.2, -0.15) is 0 Å². The second-order valence-electron chi connectivity index (χ2n) is 4.56. The van der Waals surface area contributed by atoms with Crippen LogP contribution in [0.2, 0.25) is 0 Å². The summed E-state index contributed by atoms with van der Waals surface area (Å²) < 4.78 is 5.64. The molecule has 2 heteroatoms. The van der Waals surface area contributed by atoms with Crippen LogP contribution in [0.5, 0.6) is 5.75 Å². The fourth-order valence-electron chi connectivity index (χ4n) is 1.61. The Kier molecular flexibility index (Phi) is 4.53. The molecule has 16 heavy (non-hydrogen) atoms. The number of benzene rings is 1. The summed E-state index contributed by atoms with van der Waals surface area (Å²) in [5.41, 5.74) is 1.30. The smallest absolute Gasteiger partial charge is 0.133 e. The SMILES string of the molecule is CC(=O)CC(C)Oc1ccc(C(C)C)cc1. The van der Waals surface area contributed by atoms with Gasteiger partial charge in [0.1, 0.15) is 17.6 Å². The van der Waals surface area contributed by atoms with Gasteiger partial charge in [-0.1, -0.05) is 26.0 Å². The summed E-state index contributed by atoms with van der Waals surface area (Å²) >= 11 is 0. The fourth-order valence-corrected chi connectivity index (χ4v) is 1.61. The summed E-state index contributed by atoms with van der Waals surface area (Å²) in [5.74, 6) is 1.52. The molecule has 0 radical (unpaired) electrons. The van der Waals surface area contributed by atoms with E-state index in [4.69, 9.17) is 4.74 Å². The van der Waals surface area contributed by atoms with Crippen LogP contribution >= 0.6 is 0 Å². The third kappa shape index (κ3) is 4.05. The minimum atomic E-state index is -0.0533. The third-order valence-corrected chi connectivity index (χ3v) is 2.46. The van der Waals surface area contributed by atoms with Gasteiger partial charge in [-0.15, -0.1) is 0 Å². The van der Waals surface area contributed by atoms with Gasteiger partial charge in [0.2, 0.25) is 0 Å². The lowest BCUT2D eigenvalue weighted by Gasteiger charge is -2.14. The molecule has 1 atom stereocenters. The van der Waals surface area contributed by atoms with Crippen LogP contribution in [0.25, 0.3) is 0 Å². The Morgan fingerprint density at radius 2 is 1.75 bits per heavy atom. The predicted molar refractivity (Wildman–Crippen MR) is 65.9 cm³/mol. The molecule has 0 aliphatic rings. The summed E-state index contributed by atoms with van der Waals surface area (Å²) in [5, 5.41) is 0. The molecular weight excluding hydrogens is 200 g/mol. The van der Waals surface area contributed by atoms with Crippen molar-refractivity contribution in [3.8, 4) is 5.75 Å². The van der Waals surface area contributed by atoms with Crippen LogP contribution in [0.1, 0.15) is 45.6 Å². The van der Waals surface area contributed by atoms with Crippen molar-refractivity contribution >= 4 is 5.78 Å². The van der Waals surface area contributed by atoms with Gasteiger partial charge in [0, 0.05) is 6.42 Å². The standard InChI is InChI=1S/C14H20O2/c1-10(2)13-5-7-14(8-6-13)16-12(4)9-11(3)15/h5-8,10,12H,9H2,1-4H3. The molecule has 0 heterocycles. The second kappa shape index (κ2) is 5.69. The van der Waals surface area contributed by atoms with E-state index in [9.17, 15) is 4.79 Å². The number of carbonyl (C=O) groups is 1. The van der Waals surface area contributed by atoms with E-state index in [0.717, 1.165) is 5.75 Å². The quantitative estimate of drug-likeness (QED) is 0.758. The maximum absolute atomic E-state index is 10.9. The molecule has 0 saturated carbocycles. The minimum Gasteiger partial charge on any atom is -0.490 e. The highest BCUT2D eigenvalue weighted by molar-refractivity contribution is 5.75. The predicted octanol–water partition coefficient (Wildman–Crippen LogP) is 3.56. The molecule has 1 unspecified atom stereocenters. The van der Waals surface area contributed by atoms with Crippen LogP contribution in [0, 0.1) is 0 Å². The van der Waals surface area contributed by atoms with Crippen LogP contribution < -0.4 is 4.74 Å². The average molecular weight is 220 g/mol. The zero-order valence-electron chi connectivity index (χ0n) is 10.5. The molecular formula is C14H20O2. The van der Waals surface area contributed by atoms with E-state index in [0.29, 0.717) is 12.3 Å². The monoisotopic (exact) mass is 220 g/mol. The number of carbonyl (C=O) groups excluding carboxylic acids is 1. The van der Waals surface area contributed by atoms with Crippen LogP contribution in [-0.2, 0) is 4.79 Å². The van der Waals surface area contributed by atoms with Gasteiger partial charge in [0.15, 0.2) is 0 Å². The van der Waals surface area contributed by atoms with Crippen molar-refractivity contribution in [2.24, 2.45) is 0 Å². The van der Waals surface area contributed by atoms with E-state index < -0.39 is 0 Å². The summed E-state index contributed by atoms with van der Waals surface area (Å²) in [6.07, 6.45) is 0.411. The Hall–Kier alpha value is -1.31. The molecule has 0 N–H and O–H groups in total. The van der Waals surface area contributed by atoms with E-state index in [1.165, 1.54) is 5.56 Å². The normalized spacial score (nSPS) is 12.6. The Balaban J connectivity index is 2.58. The molecule has 0 saturated heterocycles. The molecule has 0 aromatic heterocycles. The van der Waals surface area contributed by atoms with E-state index in [-0.39, 0.29) is 11.9 Å². The van der Waals surface area contributed by atoms with E-state index >= 15 is 0 Å². The molecule has 0 fully saturated rings. The highest BCUT2D eigenvalue weighted by Crippen LogP contribution is 2.19. The van der Waals surface area contributed by atoms with Crippen molar-refractivity contribution in [2.45, 2.75) is 46.1 Å².